The minimum absolute atomic E-state index is 0.201. The highest BCUT2D eigenvalue weighted by atomic mass is 16.7. The third-order valence-electron chi connectivity index (χ3n) is 8.73. The number of hydrogen-bond donors (Lipinski definition) is 0. The molecule has 1 fully saturated rings. The Kier molecular flexibility index (Phi) is 15.8. The third kappa shape index (κ3) is 12.3. The maximum absolute atomic E-state index is 13.6. The van der Waals surface area contributed by atoms with Crippen molar-refractivity contribution in [2.75, 3.05) is 19.8 Å². The fraction of sp³-hybridized carbons (Fsp3) is 0.333. The van der Waals surface area contributed by atoms with Crippen molar-refractivity contribution >= 4 is 23.9 Å². The Morgan fingerprint density at radius 1 is 0.600 bits per heavy atom. The van der Waals surface area contributed by atoms with Crippen LogP contribution in [0, 0.1) is 0 Å². The van der Waals surface area contributed by atoms with Gasteiger partial charge in [-0.25, -0.2) is 19.2 Å². The Balaban J connectivity index is 1.42. The van der Waals surface area contributed by atoms with E-state index >= 15 is 0 Å². The van der Waals surface area contributed by atoms with Gasteiger partial charge in [0, 0.05) is 18.1 Å². The number of carbonyl (C=O) groups excluding carboxylic acids is 4. The van der Waals surface area contributed by atoms with Gasteiger partial charge < -0.3 is 28.4 Å². The lowest BCUT2D eigenvalue weighted by Crippen LogP contribution is -2.47. The van der Waals surface area contributed by atoms with Crippen molar-refractivity contribution in [3.05, 3.63) is 154 Å². The molecule has 13 nitrogen and oxygen atoms in total. The number of azide groups is 1. The Morgan fingerprint density at radius 3 is 1.58 bits per heavy atom. The van der Waals surface area contributed by atoms with Crippen LogP contribution in [0.3, 0.4) is 0 Å². The van der Waals surface area contributed by atoms with Crippen LogP contribution in [0.5, 0.6) is 0 Å². The van der Waals surface area contributed by atoms with E-state index in [-0.39, 0.29) is 28.9 Å². The van der Waals surface area contributed by atoms with Crippen LogP contribution in [0.1, 0.15) is 80.0 Å². The quantitative estimate of drug-likeness (QED) is 0.0216. The van der Waals surface area contributed by atoms with Gasteiger partial charge in [-0.2, -0.15) is 0 Å². The zero-order chi connectivity index (χ0) is 38.7. The number of benzene rings is 4. The summed E-state index contributed by atoms with van der Waals surface area (Å²) in [5.41, 5.74) is 9.39. The first-order chi connectivity index (χ1) is 26.9. The molecule has 4 aromatic carbocycles. The van der Waals surface area contributed by atoms with Gasteiger partial charge in [0.1, 0.15) is 12.7 Å². The lowest BCUT2D eigenvalue weighted by molar-refractivity contribution is -0.182. The highest BCUT2D eigenvalue weighted by molar-refractivity contribution is 5.91. The number of rotatable bonds is 20. The predicted molar refractivity (Wildman–Crippen MR) is 200 cm³/mol. The monoisotopic (exact) mass is 749 g/mol. The molecule has 5 atom stereocenters. The van der Waals surface area contributed by atoms with Crippen molar-refractivity contribution in [3.63, 3.8) is 0 Å². The second-order valence-electron chi connectivity index (χ2n) is 12.7. The normalized spacial score (nSPS) is 18.0. The second kappa shape index (κ2) is 21.6. The van der Waals surface area contributed by atoms with Gasteiger partial charge in [-0.15, -0.1) is 0 Å². The summed E-state index contributed by atoms with van der Waals surface area (Å²) in [7, 11) is 0. The number of unbranched alkanes of at least 4 members (excludes halogenated alkanes) is 5. The van der Waals surface area contributed by atoms with E-state index in [1.54, 1.807) is 121 Å². The highest BCUT2D eigenvalue weighted by Gasteiger charge is 2.54. The molecule has 1 saturated heterocycles. The van der Waals surface area contributed by atoms with E-state index < -0.39 is 61.2 Å². The molecule has 1 aliphatic rings. The number of nitrogens with zero attached hydrogens (tertiary/aromatic N) is 3. The van der Waals surface area contributed by atoms with Crippen LogP contribution < -0.4 is 0 Å². The standard InChI is InChI=1S/C42H43N3O10/c43-45-44-27-17-3-1-2-4-18-28-50-42-37(54-41(49)33-25-15-8-16-26-33)36(53-40(48)32-23-13-7-14-24-32)35(55-42)34(52-39(47)31-21-11-6-12-22-31)29-51-38(46)30-19-9-5-10-20-30/h5-16,19-26,34-37,42H,1-4,17-18,27-29H2/t34-,35+,36+,37-,42-/m1/s1. The molecule has 0 spiro atoms. The molecular weight excluding hydrogens is 706 g/mol. The molecule has 0 N–H and O–H groups in total. The Hall–Kier alpha value is -6.01. The average Bonchev–Trinajstić information content (AvgIpc) is 3.56. The Morgan fingerprint density at radius 2 is 1.05 bits per heavy atom. The van der Waals surface area contributed by atoms with Gasteiger partial charge >= 0.3 is 23.9 Å². The van der Waals surface area contributed by atoms with Crippen LogP contribution in [0.25, 0.3) is 10.4 Å². The van der Waals surface area contributed by atoms with Crippen LogP contribution in [0.2, 0.25) is 0 Å². The number of hydrogen-bond acceptors (Lipinski definition) is 11. The van der Waals surface area contributed by atoms with Crippen LogP contribution in [0.15, 0.2) is 126 Å². The molecule has 0 bridgehead atoms. The fourth-order valence-corrected chi connectivity index (χ4v) is 5.90. The van der Waals surface area contributed by atoms with Crippen molar-refractivity contribution in [2.24, 2.45) is 5.11 Å². The van der Waals surface area contributed by atoms with E-state index in [1.807, 2.05) is 0 Å². The van der Waals surface area contributed by atoms with E-state index in [1.165, 1.54) is 0 Å². The number of carbonyl (C=O) groups is 4. The van der Waals surface area contributed by atoms with Gasteiger partial charge in [0.15, 0.2) is 24.6 Å². The topological polar surface area (TPSA) is 172 Å². The molecule has 1 aliphatic heterocycles. The summed E-state index contributed by atoms with van der Waals surface area (Å²) in [5, 5.41) is 3.56. The van der Waals surface area contributed by atoms with Crippen molar-refractivity contribution in [2.45, 2.75) is 69.2 Å². The molecule has 0 aliphatic carbocycles. The number of esters is 4. The summed E-state index contributed by atoms with van der Waals surface area (Å²) < 4.78 is 36.3. The largest absolute Gasteiger partial charge is 0.458 e. The van der Waals surface area contributed by atoms with E-state index in [0.717, 1.165) is 32.1 Å². The lowest BCUT2D eigenvalue weighted by atomic mass is 10.0. The van der Waals surface area contributed by atoms with Gasteiger partial charge in [0.05, 0.1) is 22.3 Å². The molecule has 1 heterocycles. The lowest BCUT2D eigenvalue weighted by Gasteiger charge is -2.28. The molecule has 4 aromatic rings. The third-order valence-corrected chi connectivity index (χ3v) is 8.73. The average molecular weight is 750 g/mol. The van der Waals surface area contributed by atoms with E-state index in [9.17, 15) is 19.2 Å². The molecule has 0 aromatic heterocycles. The second-order valence-corrected chi connectivity index (χ2v) is 12.7. The molecule has 0 radical (unpaired) electrons. The first kappa shape index (κ1) is 40.2. The van der Waals surface area contributed by atoms with E-state index in [4.69, 9.17) is 34.0 Å². The van der Waals surface area contributed by atoms with Crippen LogP contribution >= 0.6 is 0 Å². The first-order valence-electron chi connectivity index (χ1n) is 18.2. The maximum Gasteiger partial charge on any atom is 0.338 e. The molecule has 286 valence electrons. The van der Waals surface area contributed by atoms with Crippen LogP contribution in [0.4, 0.5) is 0 Å². The zero-order valence-electron chi connectivity index (χ0n) is 30.2. The first-order valence-corrected chi connectivity index (χ1v) is 18.2. The molecular formula is C42H43N3O10. The van der Waals surface area contributed by atoms with Gasteiger partial charge in [-0.1, -0.05) is 104 Å². The highest BCUT2D eigenvalue weighted by Crippen LogP contribution is 2.33. The van der Waals surface area contributed by atoms with Crippen molar-refractivity contribution in [1.82, 2.24) is 0 Å². The number of ether oxygens (including phenoxy) is 6. The van der Waals surface area contributed by atoms with Gasteiger partial charge in [0.25, 0.3) is 0 Å². The smallest absolute Gasteiger partial charge is 0.338 e. The van der Waals surface area contributed by atoms with E-state index in [2.05, 4.69) is 10.0 Å². The predicted octanol–water partition coefficient (Wildman–Crippen LogP) is 7.91. The maximum atomic E-state index is 13.6. The molecule has 5 rings (SSSR count). The summed E-state index contributed by atoms with van der Waals surface area (Å²) in [5.74, 6) is -2.91. The summed E-state index contributed by atoms with van der Waals surface area (Å²) >= 11 is 0. The Labute approximate surface area is 319 Å². The Bertz CT molecular complexity index is 1860. The van der Waals surface area contributed by atoms with E-state index in [0.29, 0.717) is 13.0 Å². The van der Waals surface area contributed by atoms with Gasteiger partial charge in [-0.05, 0) is 66.9 Å². The van der Waals surface area contributed by atoms with Crippen molar-refractivity contribution < 1.29 is 47.6 Å². The minimum atomic E-state index is -1.38. The molecule has 0 amide bonds. The molecule has 13 heteroatoms. The SMILES string of the molecule is [N-]=[N+]=NCCCCCCCCO[C@@H]1O[C@@H]([C@@H](COC(=O)c2ccccc2)OC(=O)c2ccccc2)[C@H](OC(=O)c2ccccc2)[C@H]1OC(=O)c1ccccc1. The van der Waals surface area contributed by atoms with Crippen LogP contribution in [-0.2, 0) is 28.4 Å². The molecule has 0 saturated carbocycles. The van der Waals surface area contributed by atoms with Gasteiger partial charge in [-0.3, -0.25) is 0 Å². The summed E-state index contributed by atoms with van der Waals surface area (Å²) in [6.07, 6.45) is -1.58. The zero-order valence-corrected chi connectivity index (χ0v) is 30.2. The van der Waals surface area contributed by atoms with Crippen molar-refractivity contribution in [1.29, 1.82) is 0 Å². The summed E-state index contributed by atoms with van der Waals surface area (Å²) in [4.78, 5) is 56.6. The van der Waals surface area contributed by atoms with Crippen molar-refractivity contribution in [3.8, 4) is 0 Å². The molecule has 55 heavy (non-hydrogen) atoms. The van der Waals surface area contributed by atoms with Crippen LogP contribution in [-0.4, -0.2) is 74.3 Å². The summed E-state index contributed by atoms with van der Waals surface area (Å²) in [6, 6.07) is 33.0. The molecule has 0 unspecified atom stereocenters. The van der Waals surface area contributed by atoms with Gasteiger partial charge in [0.2, 0.25) is 0 Å². The summed E-state index contributed by atoms with van der Waals surface area (Å²) in [6.45, 7) is 0.167. The minimum Gasteiger partial charge on any atom is -0.458 e. The fourth-order valence-electron chi connectivity index (χ4n) is 5.90.